The first-order valence-electron chi connectivity index (χ1n) is 7.46. The molecule has 0 spiro atoms. The van der Waals surface area contributed by atoms with E-state index >= 15 is 0 Å². The Labute approximate surface area is 130 Å². The zero-order valence-corrected chi connectivity index (χ0v) is 13.1. The van der Waals surface area contributed by atoms with Gasteiger partial charge < -0.3 is 14.7 Å². The van der Waals surface area contributed by atoms with Crippen LogP contribution in [-0.4, -0.2) is 35.6 Å². The topological polar surface area (TPSA) is 49.8 Å². The van der Waals surface area contributed by atoms with E-state index in [1.807, 2.05) is 4.90 Å². The minimum absolute atomic E-state index is 0.00134. The number of nitrogens with zero attached hydrogens (tertiary/aromatic N) is 1. The van der Waals surface area contributed by atoms with E-state index in [1.165, 1.54) is 12.8 Å². The first-order chi connectivity index (χ1) is 10.1. The molecule has 0 radical (unpaired) electrons. The van der Waals surface area contributed by atoms with Crippen molar-refractivity contribution in [2.24, 2.45) is 0 Å². The van der Waals surface area contributed by atoms with Gasteiger partial charge in [0.2, 0.25) is 0 Å². The molecule has 0 bridgehead atoms. The molecule has 0 aliphatic carbocycles. The second-order valence-corrected chi connectivity index (χ2v) is 5.88. The van der Waals surface area contributed by atoms with Gasteiger partial charge >= 0.3 is 0 Å². The molecular formula is C16H22ClNO3. The first-order valence-corrected chi connectivity index (χ1v) is 7.84. The second kappa shape index (κ2) is 7.66. The van der Waals surface area contributed by atoms with Crippen molar-refractivity contribution < 1.29 is 14.6 Å². The minimum Gasteiger partial charge on any atom is -0.483 e. The van der Waals surface area contributed by atoms with Crippen LogP contribution < -0.4 is 4.74 Å². The lowest BCUT2D eigenvalue weighted by Crippen LogP contribution is -2.35. The van der Waals surface area contributed by atoms with Crippen LogP contribution in [0, 0.1) is 0 Å². The molecule has 4 nitrogen and oxygen atoms in total. The summed E-state index contributed by atoms with van der Waals surface area (Å²) in [5.74, 6) is 0.515. The van der Waals surface area contributed by atoms with Crippen molar-refractivity contribution in [3.05, 3.63) is 28.8 Å². The zero-order chi connectivity index (χ0) is 15.2. The van der Waals surface area contributed by atoms with E-state index in [0.717, 1.165) is 25.9 Å². The standard InChI is InChI=1S/C16H22ClNO3/c1-12(19)14-10-13(17)6-7-15(14)21-11-16(20)18-8-4-2-3-5-9-18/h6-7,10,12,19H,2-5,8-9,11H2,1H3/t12-/m1/s1. The van der Waals surface area contributed by atoms with Crippen LogP contribution in [0.3, 0.4) is 0 Å². The number of aliphatic hydroxyl groups excluding tert-OH is 1. The van der Waals surface area contributed by atoms with E-state index in [4.69, 9.17) is 16.3 Å². The Balaban J connectivity index is 1.97. The van der Waals surface area contributed by atoms with Gasteiger partial charge in [-0.3, -0.25) is 4.79 Å². The normalized spacial score (nSPS) is 17.2. The van der Waals surface area contributed by atoms with Crippen molar-refractivity contribution in [3.8, 4) is 5.75 Å². The molecule has 116 valence electrons. The van der Waals surface area contributed by atoms with Gasteiger partial charge in [-0.1, -0.05) is 24.4 Å². The Morgan fingerprint density at radius 1 is 1.33 bits per heavy atom. The number of halogens is 1. The monoisotopic (exact) mass is 311 g/mol. The van der Waals surface area contributed by atoms with E-state index < -0.39 is 6.10 Å². The lowest BCUT2D eigenvalue weighted by Gasteiger charge is -2.21. The van der Waals surface area contributed by atoms with Crippen molar-refractivity contribution in [3.63, 3.8) is 0 Å². The number of carbonyl (C=O) groups is 1. The van der Waals surface area contributed by atoms with Gasteiger partial charge in [0.25, 0.3) is 5.91 Å². The number of rotatable bonds is 4. The quantitative estimate of drug-likeness (QED) is 0.929. The number of carbonyl (C=O) groups excluding carboxylic acids is 1. The van der Waals surface area contributed by atoms with Crippen LogP contribution in [0.15, 0.2) is 18.2 Å². The van der Waals surface area contributed by atoms with Crippen LogP contribution in [0.4, 0.5) is 0 Å². The molecule has 1 fully saturated rings. The molecule has 1 aliphatic heterocycles. The van der Waals surface area contributed by atoms with Crippen molar-refractivity contribution in [1.29, 1.82) is 0 Å². The third kappa shape index (κ3) is 4.61. The summed E-state index contributed by atoms with van der Waals surface area (Å²) in [6.07, 6.45) is 3.81. The summed E-state index contributed by atoms with van der Waals surface area (Å²) in [6.45, 7) is 3.27. The number of aliphatic hydroxyl groups is 1. The predicted molar refractivity (Wildman–Crippen MR) is 82.6 cm³/mol. The van der Waals surface area contributed by atoms with Gasteiger partial charge in [-0.15, -0.1) is 0 Å². The summed E-state index contributed by atoms with van der Waals surface area (Å²) in [5.41, 5.74) is 0.603. The van der Waals surface area contributed by atoms with E-state index in [2.05, 4.69) is 0 Å². The number of likely N-dealkylation sites (tertiary alicyclic amines) is 1. The summed E-state index contributed by atoms with van der Waals surface area (Å²) >= 11 is 5.92. The lowest BCUT2D eigenvalue weighted by molar-refractivity contribution is -0.133. The summed E-state index contributed by atoms with van der Waals surface area (Å²) in [7, 11) is 0. The molecule has 1 heterocycles. The molecule has 2 rings (SSSR count). The molecule has 1 aromatic carbocycles. The maximum Gasteiger partial charge on any atom is 0.260 e. The van der Waals surface area contributed by atoms with E-state index in [1.54, 1.807) is 25.1 Å². The summed E-state index contributed by atoms with van der Waals surface area (Å²) in [4.78, 5) is 14.1. The van der Waals surface area contributed by atoms with Crippen LogP contribution in [0.2, 0.25) is 5.02 Å². The highest BCUT2D eigenvalue weighted by atomic mass is 35.5. The molecule has 21 heavy (non-hydrogen) atoms. The smallest absolute Gasteiger partial charge is 0.260 e. The largest absolute Gasteiger partial charge is 0.483 e. The number of hydrogen-bond donors (Lipinski definition) is 1. The first kappa shape index (κ1) is 16.1. The van der Waals surface area contributed by atoms with Gasteiger partial charge in [-0.25, -0.2) is 0 Å². The van der Waals surface area contributed by atoms with Crippen LogP contribution in [0.1, 0.15) is 44.3 Å². The highest BCUT2D eigenvalue weighted by molar-refractivity contribution is 6.30. The van der Waals surface area contributed by atoms with Gasteiger partial charge in [0.05, 0.1) is 6.10 Å². The third-order valence-corrected chi connectivity index (χ3v) is 3.97. The van der Waals surface area contributed by atoms with Crippen molar-refractivity contribution in [2.75, 3.05) is 19.7 Å². The molecule has 1 N–H and O–H groups in total. The average Bonchev–Trinajstić information content (AvgIpc) is 2.74. The molecule has 5 heteroatoms. The highest BCUT2D eigenvalue weighted by Crippen LogP contribution is 2.28. The van der Waals surface area contributed by atoms with E-state index in [9.17, 15) is 9.90 Å². The molecule has 1 amide bonds. The fourth-order valence-electron chi connectivity index (χ4n) is 2.53. The Morgan fingerprint density at radius 2 is 2.00 bits per heavy atom. The number of ether oxygens (including phenoxy) is 1. The lowest BCUT2D eigenvalue weighted by atomic mass is 10.1. The van der Waals surface area contributed by atoms with Gasteiger partial charge in [-0.2, -0.15) is 0 Å². The minimum atomic E-state index is -0.688. The van der Waals surface area contributed by atoms with Crippen LogP contribution in [0.25, 0.3) is 0 Å². The maximum atomic E-state index is 12.2. The summed E-state index contributed by atoms with van der Waals surface area (Å²) in [5, 5.41) is 10.3. The zero-order valence-electron chi connectivity index (χ0n) is 12.3. The van der Waals surface area contributed by atoms with E-state index in [-0.39, 0.29) is 12.5 Å². The van der Waals surface area contributed by atoms with Crippen LogP contribution >= 0.6 is 11.6 Å². The Bertz CT molecular complexity index is 482. The van der Waals surface area contributed by atoms with Crippen LogP contribution in [0.5, 0.6) is 5.75 Å². The summed E-state index contributed by atoms with van der Waals surface area (Å²) in [6, 6.07) is 5.05. The van der Waals surface area contributed by atoms with Gasteiger partial charge in [0.15, 0.2) is 6.61 Å². The molecule has 0 aromatic heterocycles. The SMILES string of the molecule is C[C@@H](O)c1cc(Cl)ccc1OCC(=O)N1CCCCCC1. The fraction of sp³-hybridized carbons (Fsp3) is 0.562. The predicted octanol–water partition coefficient (Wildman–Crippen LogP) is 3.17. The average molecular weight is 312 g/mol. The van der Waals surface area contributed by atoms with Crippen molar-refractivity contribution >= 4 is 17.5 Å². The summed E-state index contributed by atoms with van der Waals surface area (Å²) < 4.78 is 5.60. The molecular weight excluding hydrogens is 290 g/mol. The second-order valence-electron chi connectivity index (χ2n) is 5.44. The third-order valence-electron chi connectivity index (χ3n) is 3.73. The Morgan fingerprint density at radius 3 is 2.62 bits per heavy atom. The van der Waals surface area contributed by atoms with Crippen LogP contribution in [-0.2, 0) is 4.79 Å². The number of hydrogen-bond acceptors (Lipinski definition) is 3. The Kier molecular flexibility index (Phi) is 5.88. The number of amides is 1. The van der Waals surface area contributed by atoms with Gasteiger partial charge in [0.1, 0.15) is 5.75 Å². The van der Waals surface area contributed by atoms with Gasteiger partial charge in [-0.05, 0) is 38.0 Å². The molecule has 0 saturated carbocycles. The van der Waals surface area contributed by atoms with Gasteiger partial charge in [0, 0.05) is 23.7 Å². The molecule has 0 unspecified atom stereocenters. The Hall–Kier alpha value is -1.26. The molecule has 1 saturated heterocycles. The van der Waals surface area contributed by atoms with E-state index in [0.29, 0.717) is 16.3 Å². The van der Waals surface area contributed by atoms with Crippen molar-refractivity contribution in [1.82, 2.24) is 4.90 Å². The maximum absolute atomic E-state index is 12.2. The fourth-order valence-corrected chi connectivity index (χ4v) is 2.71. The number of benzene rings is 1. The van der Waals surface area contributed by atoms with Crippen molar-refractivity contribution in [2.45, 2.75) is 38.7 Å². The molecule has 1 atom stereocenters. The molecule has 1 aliphatic rings. The molecule has 1 aromatic rings. The highest BCUT2D eigenvalue weighted by Gasteiger charge is 2.17.